The number of aliphatic imine (C=N–C) groups is 1. The number of rotatable bonds is 6. The Morgan fingerprint density at radius 2 is 1.79 bits per heavy atom. The van der Waals surface area contributed by atoms with Crippen molar-refractivity contribution in [2.75, 3.05) is 12.4 Å². The predicted octanol–water partition coefficient (Wildman–Crippen LogP) is 1.97. The largest absolute Gasteiger partial charge is 0.354 e. The van der Waals surface area contributed by atoms with Crippen LogP contribution < -0.4 is 10.6 Å². The van der Waals surface area contributed by atoms with Crippen LogP contribution in [0.25, 0.3) is 0 Å². The maximum Gasteiger partial charge on any atom is 0.270 e. The summed E-state index contributed by atoms with van der Waals surface area (Å²) >= 11 is 5.89. The molecule has 1 aliphatic heterocycles. The van der Waals surface area contributed by atoms with Crippen LogP contribution in [0, 0.1) is 0 Å². The Hall–Kier alpha value is -3.39. The Morgan fingerprint density at radius 3 is 2.46 bits per heavy atom. The summed E-state index contributed by atoms with van der Waals surface area (Å²) in [6.07, 6.45) is 4.74. The highest BCUT2D eigenvalue weighted by Gasteiger charge is 2.23. The molecule has 28 heavy (non-hydrogen) atoms. The number of nitrogens with one attached hydrogen (secondary N) is 2. The number of hydrogen-bond donors (Lipinski definition) is 2. The van der Waals surface area contributed by atoms with Crippen LogP contribution in [0.5, 0.6) is 0 Å². The van der Waals surface area contributed by atoms with Crippen molar-refractivity contribution in [2.24, 2.45) is 4.99 Å². The predicted molar refractivity (Wildman–Crippen MR) is 104 cm³/mol. The van der Waals surface area contributed by atoms with Crippen molar-refractivity contribution in [1.29, 1.82) is 0 Å². The van der Waals surface area contributed by atoms with Gasteiger partial charge in [0.25, 0.3) is 11.8 Å². The number of ketones is 1. The van der Waals surface area contributed by atoms with Crippen LogP contribution in [0.2, 0.25) is 5.15 Å². The molecule has 1 aliphatic rings. The normalized spacial score (nSPS) is 12.8. The van der Waals surface area contributed by atoms with Crippen molar-refractivity contribution >= 4 is 41.1 Å². The molecule has 0 bridgehead atoms. The molecule has 0 saturated carbocycles. The van der Waals surface area contributed by atoms with Crippen molar-refractivity contribution in [3.63, 3.8) is 0 Å². The van der Waals surface area contributed by atoms with Gasteiger partial charge in [-0.05, 0) is 17.7 Å². The minimum Gasteiger partial charge on any atom is -0.354 e. The van der Waals surface area contributed by atoms with Crippen LogP contribution in [0.15, 0.2) is 52.9 Å². The number of likely N-dealkylation sites (N-methyl/N-ethyl adjacent to an activating group) is 1. The quantitative estimate of drug-likeness (QED) is 0.723. The fourth-order valence-electron chi connectivity index (χ4n) is 2.61. The van der Waals surface area contributed by atoms with Gasteiger partial charge in [0.05, 0.1) is 5.57 Å². The Labute approximate surface area is 165 Å². The zero-order chi connectivity index (χ0) is 20.1. The zero-order valence-corrected chi connectivity index (χ0v) is 15.7. The van der Waals surface area contributed by atoms with Crippen LogP contribution in [0.3, 0.4) is 0 Å². The van der Waals surface area contributed by atoms with E-state index in [2.05, 4.69) is 25.6 Å². The number of halogens is 1. The summed E-state index contributed by atoms with van der Waals surface area (Å²) in [6.45, 7) is 0. The van der Waals surface area contributed by atoms with E-state index in [0.717, 1.165) is 5.56 Å². The maximum atomic E-state index is 12.4. The molecule has 0 unspecified atom stereocenters. The van der Waals surface area contributed by atoms with Gasteiger partial charge in [-0.2, -0.15) is 0 Å². The number of hydrogen-bond acceptors (Lipinski definition) is 6. The van der Waals surface area contributed by atoms with Gasteiger partial charge >= 0.3 is 0 Å². The summed E-state index contributed by atoms with van der Waals surface area (Å²) in [7, 11) is 1.48. The Balaban J connectivity index is 1.66. The number of nitrogens with zero attached hydrogens (tertiary/aromatic N) is 3. The Morgan fingerprint density at radius 1 is 1.07 bits per heavy atom. The first-order valence-electron chi connectivity index (χ1n) is 8.37. The number of Topliss-reactive ketones (excluding diaryl/α,β-unsaturated/α-hetero) is 1. The molecule has 1 aromatic carbocycles. The van der Waals surface area contributed by atoms with E-state index in [0.29, 0.717) is 17.7 Å². The second kappa shape index (κ2) is 8.53. The highest BCUT2D eigenvalue weighted by Crippen LogP contribution is 2.19. The molecule has 8 nitrogen and oxygen atoms in total. The molecule has 3 rings (SSSR count). The molecule has 0 fully saturated rings. The monoisotopic (exact) mass is 397 g/mol. The average molecular weight is 398 g/mol. The molecular formula is C19H16ClN5O3. The van der Waals surface area contributed by atoms with Crippen molar-refractivity contribution in [3.8, 4) is 0 Å². The molecule has 2 N–H and O–H groups in total. The summed E-state index contributed by atoms with van der Waals surface area (Å²) in [4.78, 5) is 48.2. The Kier molecular flexibility index (Phi) is 5.90. The standard InChI is InChI=1S/C19H16ClN5O3/c1-21-19(28)15-13(6-7-22-15)18(27)25-12-4-2-11(3-5-12)10-14(26)16-17(20)24-9-8-23-16/h2-5,7-9H,6,10H2,1H3,(H,21,28)(H,25,27). The van der Waals surface area contributed by atoms with Gasteiger partial charge < -0.3 is 10.6 Å². The first-order valence-corrected chi connectivity index (χ1v) is 8.75. The number of carbonyl (C=O) groups is 3. The molecule has 0 saturated heterocycles. The summed E-state index contributed by atoms with van der Waals surface area (Å²) < 4.78 is 0. The molecule has 1 aromatic heterocycles. The summed E-state index contributed by atoms with van der Waals surface area (Å²) in [5.74, 6) is -1.06. The fourth-order valence-corrected chi connectivity index (χ4v) is 2.82. The van der Waals surface area contributed by atoms with Gasteiger partial charge in [0.2, 0.25) is 0 Å². The van der Waals surface area contributed by atoms with E-state index < -0.39 is 11.8 Å². The molecule has 2 heterocycles. The number of carbonyl (C=O) groups excluding carboxylic acids is 3. The van der Waals surface area contributed by atoms with Crippen LogP contribution in [-0.2, 0) is 16.0 Å². The first-order chi connectivity index (χ1) is 13.5. The highest BCUT2D eigenvalue weighted by atomic mass is 35.5. The fraction of sp³-hybridized carbons (Fsp3) is 0.158. The van der Waals surface area contributed by atoms with E-state index in [9.17, 15) is 14.4 Å². The molecule has 0 atom stereocenters. The average Bonchev–Trinajstić information content (AvgIpc) is 3.19. The van der Waals surface area contributed by atoms with E-state index in [1.54, 1.807) is 24.3 Å². The van der Waals surface area contributed by atoms with Gasteiger partial charge in [-0.15, -0.1) is 0 Å². The molecule has 2 aromatic rings. The molecule has 2 amide bonds. The molecular weight excluding hydrogens is 382 g/mol. The minimum absolute atomic E-state index is 0.0651. The van der Waals surface area contributed by atoms with Crippen molar-refractivity contribution in [3.05, 3.63) is 64.3 Å². The van der Waals surface area contributed by atoms with E-state index in [1.807, 2.05) is 0 Å². The number of anilines is 1. The number of benzene rings is 1. The van der Waals surface area contributed by atoms with Gasteiger partial charge in [0.15, 0.2) is 10.9 Å². The van der Waals surface area contributed by atoms with E-state index in [1.165, 1.54) is 25.7 Å². The van der Waals surface area contributed by atoms with E-state index in [4.69, 9.17) is 11.6 Å². The summed E-state index contributed by atoms with van der Waals surface area (Å²) in [6, 6.07) is 6.79. The highest BCUT2D eigenvalue weighted by molar-refractivity contribution is 6.32. The van der Waals surface area contributed by atoms with Gasteiger partial charge in [-0.25, -0.2) is 9.97 Å². The molecule has 0 spiro atoms. The van der Waals surface area contributed by atoms with Gasteiger partial charge in [0, 0.05) is 44.2 Å². The molecule has 0 aliphatic carbocycles. The first kappa shape index (κ1) is 19.4. The maximum absolute atomic E-state index is 12.4. The lowest BCUT2D eigenvalue weighted by molar-refractivity contribution is -0.118. The second-order valence-electron chi connectivity index (χ2n) is 5.87. The van der Waals surface area contributed by atoms with Gasteiger partial charge in [0.1, 0.15) is 11.4 Å². The Bertz CT molecular complexity index is 999. The topological polar surface area (TPSA) is 113 Å². The number of aromatic nitrogens is 2. The van der Waals surface area contributed by atoms with Crippen LogP contribution in [0.1, 0.15) is 22.5 Å². The summed E-state index contributed by atoms with van der Waals surface area (Å²) in [5, 5.41) is 5.25. The molecule has 142 valence electrons. The van der Waals surface area contributed by atoms with Gasteiger partial charge in [-0.1, -0.05) is 23.7 Å². The molecule has 9 heteroatoms. The summed E-state index contributed by atoms with van der Waals surface area (Å²) in [5.41, 5.74) is 1.81. The van der Waals surface area contributed by atoms with E-state index >= 15 is 0 Å². The zero-order valence-electron chi connectivity index (χ0n) is 14.9. The molecule has 0 radical (unpaired) electrons. The van der Waals surface area contributed by atoms with Crippen LogP contribution in [0.4, 0.5) is 5.69 Å². The van der Waals surface area contributed by atoms with Crippen molar-refractivity contribution in [1.82, 2.24) is 15.3 Å². The van der Waals surface area contributed by atoms with Gasteiger partial charge in [-0.3, -0.25) is 19.4 Å². The lowest BCUT2D eigenvalue weighted by Gasteiger charge is -2.08. The van der Waals surface area contributed by atoms with Crippen LogP contribution >= 0.6 is 11.6 Å². The lowest BCUT2D eigenvalue weighted by atomic mass is 10.1. The second-order valence-corrected chi connectivity index (χ2v) is 6.23. The van der Waals surface area contributed by atoms with E-state index in [-0.39, 0.29) is 28.7 Å². The lowest BCUT2D eigenvalue weighted by Crippen LogP contribution is -2.23. The third-order valence-electron chi connectivity index (χ3n) is 4.01. The van der Waals surface area contributed by atoms with Crippen LogP contribution in [-0.4, -0.2) is 40.8 Å². The number of amides is 2. The third-order valence-corrected chi connectivity index (χ3v) is 4.29. The van der Waals surface area contributed by atoms with Crippen molar-refractivity contribution in [2.45, 2.75) is 12.8 Å². The van der Waals surface area contributed by atoms with Crippen molar-refractivity contribution < 1.29 is 14.4 Å². The SMILES string of the molecule is CNC(=O)C1=C(C(=O)Nc2ccc(CC(=O)c3nccnc3Cl)cc2)CC=N1. The smallest absolute Gasteiger partial charge is 0.270 e. The third kappa shape index (κ3) is 4.29. The minimum atomic E-state index is -0.407.